The zero-order chi connectivity index (χ0) is 13.5. The summed E-state index contributed by atoms with van der Waals surface area (Å²) in [6.45, 7) is 9.30. The summed E-state index contributed by atoms with van der Waals surface area (Å²) in [7, 11) is 0. The van der Waals surface area contributed by atoms with Gasteiger partial charge < -0.3 is 5.32 Å². The molecule has 2 nitrogen and oxygen atoms in total. The van der Waals surface area contributed by atoms with E-state index in [0.29, 0.717) is 0 Å². The van der Waals surface area contributed by atoms with Crippen LogP contribution in [0, 0.1) is 0 Å². The summed E-state index contributed by atoms with van der Waals surface area (Å²) in [4.78, 5) is 11.2. The number of benzene rings is 1. The first-order valence-electron chi connectivity index (χ1n) is 6.18. The van der Waals surface area contributed by atoms with Crippen LogP contribution in [0.2, 0.25) is 0 Å². The number of amides is 1. The predicted molar refractivity (Wildman–Crippen MR) is 71.0 cm³/mol. The molecule has 1 N–H and O–H groups in total. The predicted octanol–water partition coefficient (Wildman–Crippen LogP) is 3.96. The highest BCUT2D eigenvalue weighted by molar-refractivity contribution is 6.00. The van der Waals surface area contributed by atoms with E-state index in [4.69, 9.17) is 0 Å². The van der Waals surface area contributed by atoms with Crippen molar-refractivity contribution in [1.29, 1.82) is 0 Å². The van der Waals surface area contributed by atoms with Gasteiger partial charge in [0.15, 0.2) is 5.67 Å². The second kappa shape index (κ2) is 7.05. The lowest BCUT2D eigenvalue weighted by Crippen LogP contribution is -2.41. The molecule has 1 atom stereocenters. The maximum atomic E-state index is 13.5. The Morgan fingerprint density at radius 3 is 2.29 bits per heavy atom. The van der Waals surface area contributed by atoms with E-state index < -0.39 is 11.6 Å². The van der Waals surface area contributed by atoms with E-state index in [1.807, 2.05) is 45.9 Å². The lowest BCUT2D eigenvalue weighted by atomic mass is 9.92. The number of rotatable bonds is 0. The van der Waals surface area contributed by atoms with Crippen molar-refractivity contribution in [1.82, 2.24) is 0 Å². The molecular weight excluding hydrogens is 217 g/mol. The van der Waals surface area contributed by atoms with E-state index in [2.05, 4.69) is 5.32 Å². The molecule has 2 rings (SSSR count). The van der Waals surface area contributed by atoms with Crippen LogP contribution in [-0.2, 0) is 11.2 Å². The molecule has 0 aromatic heterocycles. The van der Waals surface area contributed by atoms with E-state index in [1.165, 1.54) is 6.92 Å². The molecule has 0 fully saturated rings. The van der Waals surface area contributed by atoms with Gasteiger partial charge in [0.2, 0.25) is 0 Å². The van der Waals surface area contributed by atoms with Gasteiger partial charge in [-0.1, -0.05) is 45.9 Å². The van der Waals surface area contributed by atoms with Gasteiger partial charge in [-0.3, -0.25) is 4.79 Å². The minimum Gasteiger partial charge on any atom is -0.323 e. The van der Waals surface area contributed by atoms with Gasteiger partial charge in [-0.2, -0.15) is 0 Å². The van der Waals surface area contributed by atoms with Crippen LogP contribution < -0.4 is 5.32 Å². The van der Waals surface area contributed by atoms with Crippen LogP contribution in [0.5, 0.6) is 0 Å². The van der Waals surface area contributed by atoms with Crippen molar-refractivity contribution in [2.24, 2.45) is 0 Å². The third kappa shape index (κ3) is 3.84. The summed E-state index contributed by atoms with van der Waals surface area (Å²) >= 11 is 0. The van der Waals surface area contributed by atoms with E-state index >= 15 is 0 Å². The summed E-state index contributed by atoms with van der Waals surface area (Å²) in [5.41, 5.74) is -0.191. The summed E-state index contributed by atoms with van der Waals surface area (Å²) < 4.78 is 13.5. The number of fused-ring (bicyclic) bond motifs is 1. The molecule has 1 aromatic carbocycles. The smallest absolute Gasteiger partial charge is 0.262 e. The lowest BCUT2D eigenvalue weighted by Gasteiger charge is -2.26. The van der Waals surface area contributed by atoms with Crippen molar-refractivity contribution in [2.75, 3.05) is 5.32 Å². The number of alkyl halides is 1. The molecule has 3 heteroatoms. The molecule has 0 aliphatic carbocycles. The number of carbonyl (C=O) groups is 1. The Balaban J connectivity index is 0.000000581. The highest BCUT2D eigenvalue weighted by Crippen LogP contribution is 2.29. The minimum absolute atomic E-state index is 0.162. The molecule has 0 saturated carbocycles. The molecule has 17 heavy (non-hydrogen) atoms. The number of anilines is 1. The van der Waals surface area contributed by atoms with Gasteiger partial charge in [-0.05, 0) is 18.6 Å². The van der Waals surface area contributed by atoms with E-state index in [1.54, 1.807) is 6.07 Å². The first-order chi connectivity index (χ1) is 8.09. The van der Waals surface area contributed by atoms with E-state index in [9.17, 15) is 9.18 Å². The summed E-state index contributed by atoms with van der Waals surface area (Å²) in [6.07, 6.45) is 0.162. The maximum absolute atomic E-state index is 13.5. The maximum Gasteiger partial charge on any atom is 0.262 e. The fourth-order valence-electron chi connectivity index (χ4n) is 1.49. The van der Waals surface area contributed by atoms with Crippen LogP contribution in [0.4, 0.5) is 10.1 Å². The van der Waals surface area contributed by atoms with Crippen LogP contribution in [-0.4, -0.2) is 11.6 Å². The average molecular weight is 239 g/mol. The highest BCUT2D eigenvalue weighted by atomic mass is 19.1. The second-order valence-corrected chi connectivity index (χ2v) is 3.49. The minimum atomic E-state index is -1.77. The molecule has 1 amide bonds. The SMILES string of the molecule is CC.CC.CC1(F)Cc2ccccc2NC1=O. The van der Waals surface area contributed by atoms with Gasteiger partial charge in [-0.15, -0.1) is 0 Å². The van der Waals surface area contributed by atoms with Crippen molar-refractivity contribution in [3.8, 4) is 0 Å². The zero-order valence-electron chi connectivity index (χ0n) is 11.3. The molecule has 1 unspecified atom stereocenters. The fourth-order valence-corrected chi connectivity index (χ4v) is 1.49. The van der Waals surface area contributed by atoms with Gasteiger partial charge in [0.05, 0.1) is 0 Å². The quantitative estimate of drug-likeness (QED) is 0.729. The zero-order valence-corrected chi connectivity index (χ0v) is 11.3. The Hall–Kier alpha value is -1.38. The topological polar surface area (TPSA) is 29.1 Å². The molecule has 96 valence electrons. The average Bonchev–Trinajstić information content (AvgIpc) is 2.35. The van der Waals surface area contributed by atoms with Gasteiger partial charge in [0, 0.05) is 12.1 Å². The third-order valence-electron chi connectivity index (χ3n) is 2.26. The van der Waals surface area contributed by atoms with Crippen LogP contribution in [0.3, 0.4) is 0 Å². The number of hydrogen-bond donors (Lipinski definition) is 1. The Morgan fingerprint density at radius 2 is 1.71 bits per heavy atom. The second-order valence-electron chi connectivity index (χ2n) is 3.49. The number of hydrogen-bond acceptors (Lipinski definition) is 1. The monoisotopic (exact) mass is 239 g/mol. The van der Waals surface area contributed by atoms with Crippen LogP contribution >= 0.6 is 0 Å². The fraction of sp³-hybridized carbons (Fsp3) is 0.500. The summed E-state index contributed by atoms with van der Waals surface area (Å²) in [5, 5.41) is 2.54. The largest absolute Gasteiger partial charge is 0.323 e. The van der Waals surface area contributed by atoms with Crippen molar-refractivity contribution < 1.29 is 9.18 Å². The van der Waals surface area contributed by atoms with Crippen LogP contribution in [0.25, 0.3) is 0 Å². The van der Waals surface area contributed by atoms with E-state index in [-0.39, 0.29) is 6.42 Å². The van der Waals surface area contributed by atoms with Gasteiger partial charge in [-0.25, -0.2) is 4.39 Å². The van der Waals surface area contributed by atoms with Crippen LogP contribution in [0.15, 0.2) is 24.3 Å². The molecule has 0 radical (unpaired) electrons. The molecule has 1 aliphatic rings. The Morgan fingerprint density at radius 1 is 1.18 bits per heavy atom. The standard InChI is InChI=1S/C10H10FNO.2C2H6/c1-10(11)6-7-4-2-3-5-8(7)12-9(10)13;2*1-2/h2-5H,6H2,1H3,(H,12,13);2*1-2H3. The Bertz CT molecular complexity index is 361. The van der Waals surface area contributed by atoms with Crippen molar-refractivity contribution in [2.45, 2.75) is 46.7 Å². The lowest BCUT2D eigenvalue weighted by molar-refractivity contribution is -0.126. The first kappa shape index (κ1) is 15.6. The molecule has 1 heterocycles. The first-order valence-corrected chi connectivity index (χ1v) is 6.18. The Kier molecular flexibility index (Phi) is 6.47. The number of nitrogens with one attached hydrogen (secondary N) is 1. The summed E-state index contributed by atoms with van der Waals surface area (Å²) in [6, 6.07) is 7.27. The van der Waals surface area contributed by atoms with Gasteiger partial charge >= 0.3 is 0 Å². The molecule has 0 saturated heterocycles. The highest BCUT2D eigenvalue weighted by Gasteiger charge is 2.37. The normalized spacial score (nSPS) is 20.9. The van der Waals surface area contributed by atoms with Gasteiger partial charge in [0.25, 0.3) is 5.91 Å². The number of halogens is 1. The van der Waals surface area contributed by atoms with Crippen molar-refractivity contribution in [3.63, 3.8) is 0 Å². The molecular formula is C14H22FNO. The number of carbonyl (C=O) groups excluding carboxylic acids is 1. The van der Waals surface area contributed by atoms with Crippen molar-refractivity contribution >= 4 is 11.6 Å². The number of para-hydroxylation sites is 1. The van der Waals surface area contributed by atoms with E-state index in [0.717, 1.165) is 11.3 Å². The van der Waals surface area contributed by atoms with Crippen LogP contribution in [0.1, 0.15) is 40.2 Å². The molecule has 1 aromatic rings. The molecule has 0 spiro atoms. The molecule has 1 aliphatic heterocycles. The third-order valence-corrected chi connectivity index (χ3v) is 2.26. The Labute approximate surface area is 103 Å². The molecule has 0 bridgehead atoms. The van der Waals surface area contributed by atoms with Gasteiger partial charge in [0.1, 0.15) is 0 Å². The van der Waals surface area contributed by atoms with Crippen molar-refractivity contribution in [3.05, 3.63) is 29.8 Å². The summed E-state index contributed by atoms with van der Waals surface area (Å²) in [5.74, 6) is -0.550.